The zero-order chi connectivity index (χ0) is 23.2. The molecule has 1 unspecified atom stereocenters. The fourth-order valence-corrected chi connectivity index (χ4v) is 4.45. The first-order chi connectivity index (χ1) is 15.8. The molecule has 1 aromatic heterocycles. The number of anilines is 2. The Kier molecular flexibility index (Phi) is 5.57. The van der Waals surface area contributed by atoms with Gasteiger partial charge in [0.15, 0.2) is 0 Å². The van der Waals surface area contributed by atoms with Crippen LogP contribution in [0, 0.1) is 18.6 Å². The zero-order valence-electron chi connectivity index (χ0n) is 17.9. The van der Waals surface area contributed by atoms with E-state index in [9.17, 15) is 8.78 Å². The van der Waals surface area contributed by atoms with E-state index >= 15 is 8.78 Å². The summed E-state index contributed by atoms with van der Waals surface area (Å²) in [5.74, 6) is -5.02. The van der Waals surface area contributed by atoms with Crippen molar-refractivity contribution in [3.8, 4) is 5.69 Å². The number of hydrogen-bond acceptors (Lipinski definition) is 5. The van der Waals surface area contributed by atoms with Gasteiger partial charge < -0.3 is 10.1 Å². The van der Waals surface area contributed by atoms with Gasteiger partial charge in [0.2, 0.25) is 5.95 Å². The minimum atomic E-state index is -2.86. The van der Waals surface area contributed by atoms with Crippen molar-refractivity contribution < 1.29 is 22.3 Å². The van der Waals surface area contributed by atoms with Crippen molar-refractivity contribution in [1.29, 1.82) is 0 Å². The molecule has 0 aliphatic carbocycles. The van der Waals surface area contributed by atoms with Gasteiger partial charge in [-0.05, 0) is 55.3 Å². The maximum absolute atomic E-state index is 15.1. The summed E-state index contributed by atoms with van der Waals surface area (Å²) in [6, 6.07) is 8.41. The summed E-state index contributed by atoms with van der Waals surface area (Å²) in [6.45, 7) is 3.19. The molecule has 0 saturated carbocycles. The first-order valence-electron chi connectivity index (χ1n) is 10.7. The maximum atomic E-state index is 15.1. The first kappa shape index (κ1) is 21.8. The molecule has 0 spiro atoms. The molecule has 33 heavy (non-hydrogen) atoms. The van der Waals surface area contributed by atoms with Crippen LogP contribution in [0.3, 0.4) is 0 Å². The first-order valence-corrected chi connectivity index (χ1v) is 10.7. The number of nitrogens with zero attached hydrogens (tertiary/aromatic N) is 4. The van der Waals surface area contributed by atoms with Crippen LogP contribution in [0.25, 0.3) is 5.69 Å². The standard InChI is InChI=1S/C23H23F4N5O/c1-14-4-15(21-2-3-31(12-23(21,26)27)20-10-33-11-20)6-18(5-14)29-22-28-13-32(30-22)19-8-16(24)7-17(25)9-19/h4-9,13,20-21H,2-3,10-12H2,1H3,(H,29,30). The van der Waals surface area contributed by atoms with Gasteiger partial charge in [-0.1, -0.05) is 6.07 Å². The number of ether oxygens (including phenoxy) is 1. The van der Waals surface area contributed by atoms with E-state index in [1.54, 1.807) is 12.1 Å². The quantitative estimate of drug-likeness (QED) is 0.570. The van der Waals surface area contributed by atoms with Crippen LogP contribution in [0.15, 0.2) is 42.7 Å². The topological polar surface area (TPSA) is 55.2 Å². The van der Waals surface area contributed by atoms with Crippen LogP contribution in [0.2, 0.25) is 0 Å². The number of aryl methyl sites for hydroxylation is 1. The largest absolute Gasteiger partial charge is 0.378 e. The second-order valence-corrected chi connectivity index (χ2v) is 8.66. The van der Waals surface area contributed by atoms with Crippen molar-refractivity contribution in [3.05, 3.63) is 65.5 Å². The lowest BCUT2D eigenvalue weighted by Gasteiger charge is -2.45. The van der Waals surface area contributed by atoms with Gasteiger partial charge in [-0.25, -0.2) is 22.2 Å². The molecule has 2 aromatic carbocycles. The van der Waals surface area contributed by atoms with Gasteiger partial charge in [-0.15, -0.1) is 5.10 Å². The van der Waals surface area contributed by atoms with Crippen LogP contribution in [0.4, 0.5) is 29.2 Å². The number of nitrogens with one attached hydrogen (secondary N) is 1. The van der Waals surface area contributed by atoms with E-state index in [0.29, 0.717) is 37.4 Å². The highest BCUT2D eigenvalue weighted by Gasteiger charge is 2.47. The van der Waals surface area contributed by atoms with Crippen LogP contribution in [0.5, 0.6) is 0 Å². The molecule has 2 aliphatic rings. The monoisotopic (exact) mass is 461 g/mol. The van der Waals surface area contributed by atoms with E-state index in [4.69, 9.17) is 4.74 Å². The van der Waals surface area contributed by atoms with Crippen LogP contribution in [-0.2, 0) is 4.74 Å². The molecule has 0 bridgehead atoms. The van der Waals surface area contributed by atoms with Gasteiger partial charge in [-0.2, -0.15) is 4.98 Å². The Morgan fingerprint density at radius 3 is 2.48 bits per heavy atom. The SMILES string of the molecule is Cc1cc(Nc2ncn(-c3cc(F)cc(F)c3)n2)cc(C2CCN(C3COC3)CC2(F)F)c1. The lowest BCUT2D eigenvalue weighted by atomic mass is 9.84. The fraction of sp³-hybridized carbons (Fsp3) is 0.391. The molecular formula is C23H23F4N5O. The molecular weight excluding hydrogens is 438 g/mol. The molecule has 2 saturated heterocycles. The molecule has 0 amide bonds. The Balaban J connectivity index is 1.35. The molecule has 2 fully saturated rings. The minimum Gasteiger partial charge on any atom is -0.378 e. The average Bonchev–Trinajstić information content (AvgIpc) is 3.13. The predicted molar refractivity (Wildman–Crippen MR) is 114 cm³/mol. The number of likely N-dealkylation sites (tertiary alicyclic amines) is 1. The van der Waals surface area contributed by atoms with Gasteiger partial charge in [0.05, 0.1) is 37.4 Å². The van der Waals surface area contributed by atoms with Crippen molar-refractivity contribution in [2.24, 2.45) is 0 Å². The number of hydrogen-bond donors (Lipinski definition) is 1. The second kappa shape index (κ2) is 8.42. The van der Waals surface area contributed by atoms with Crippen LogP contribution < -0.4 is 5.32 Å². The summed E-state index contributed by atoms with van der Waals surface area (Å²) in [4.78, 5) is 5.94. The Morgan fingerprint density at radius 2 is 1.82 bits per heavy atom. The predicted octanol–water partition coefficient (Wildman–Crippen LogP) is 4.42. The highest BCUT2D eigenvalue weighted by Crippen LogP contribution is 2.42. The van der Waals surface area contributed by atoms with E-state index in [-0.39, 0.29) is 24.2 Å². The van der Waals surface area contributed by atoms with Gasteiger partial charge in [-0.3, -0.25) is 4.90 Å². The second-order valence-electron chi connectivity index (χ2n) is 8.66. The van der Waals surface area contributed by atoms with E-state index in [0.717, 1.165) is 23.8 Å². The number of aromatic nitrogens is 3. The third-order valence-electron chi connectivity index (χ3n) is 6.13. The molecule has 5 rings (SSSR count). The van der Waals surface area contributed by atoms with E-state index in [1.807, 2.05) is 17.9 Å². The Morgan fingerprint density at radius 1 is 1.06 bits per heavy atom. The molecule has 1 atom stereocenters. The number of piperidine rings is 1. The maximum Gasteiger partial charge on any atom is 0.267 e. The number of halogens is 4. The molecule has 2 aliphatic heterocycles. The molecule has 1 N–H and O–H groups in total. The summed E-state index contributed by atoms with van der Waals surface area (Å²) in [5, 5.41) is 7.21. The van der Waals surface area contributed by atoms with Crippen molar-refractivity contribution in [2.45, 2.75) is 31.2 Å². The number of rotatable bonds is 5. The molecule has 6 nitrogen and oxygen atoms in total. The third-order valence-corrected chi connectivity index (χ3v) is 6.13. The summed E-state index contributed by atoms with van der Waals surface area (Å²) in [6.07, 6.45) is 1.67. The van der Waals surface area contributed by atoms with Crippen LogP contribution in [0.1, 0.15) is 23.5 Å². The number of alkyl halides is 2. The molecule has 3 heterocycles. The summed E-state index contributed by atoms with van der Waals surface area (Å²) in [5.41, 5.74) is 2.13. The normalized spacial score (nSPS) is 21.1. The Labute approximate surface area is 188 Å². The summed E-state index contributed by atoms with van der Waals surface area (Å²) < 4.78 is 63.5. The molecule has 3 aromatic rings. The minimum absolute atomic E-state index is 0.0827. The third kappa shape index (κ3) is 4.58. The molecule has 10 heteroatoms. The van der Waals surface area contributed by atoms with Crippen molar-refractivity contribution in [2.75, 3.05) is 31.6 Å². The van der Waals surface area contributed by atoms with E-state index in [2.05, 4.69) is 15.4 Å². The molecule has 174 valence electrons. The lowest BCUT2D eigenvalue weighted by molar-refractivity contribution is -0.136. The van der Waals surface area contributed by atoms with Crippen molar-refractivity contribution >= 4 is 11.6 Å². The van der Waals surface area contributed by atoms with Gasteiger partial charge in [0.1, 0.15) is 18.0 Å². The fourth-order valence-electron chi connectivity index (χ4n) is 4.45. The molecule has 0 radical (unpaired) electrons. The number of benzene rings is 2. The Bertz CT molecular complexity index is 1140. The average molecular weight is 461 g/mol. The zero-order valence-corrected chi connectivity index (χ0v) is 17.9. The lowest BCUT2D eigenvalue weighted by Crippen LogP contribution is -2.57. The summed E-state index contributed by atoms with van der Waals surface area (Å²) >= 11 is 0. The summed E-state index contributed by atoms with van der Waals surface area (Å²) in [7, 11) is 0. The van der Waals surface area contributed by atoms with Crippen molar-refractivity contribution in [3.63, 3.8) is 0 Å². The van der Waals surface area contributed by atoms with Gasteiger partial charge in [0.25, 0.3) is 5.92 Å². The smallest absolute Gasteiger partial charge is 0.267 e. The van der Waals surface area contributed by atoms with E-state index in [1.165, 1.54) is 11.0 Å². The van der Waals surface area contributed by atoms with E-state index < -0.39 is 23.5 Å². The van der Waals surface area contributed by atoms with Gasteiger partial charge >= 0.3 is 0 Å². The van der Waals surface area contributed by atoms with Crippen molar-refractivity contribution in [1.82, 2.24) is 19.7 Å². The highest BCUT2D eigenvalue weighted by atomic mass is 19.3. The Hall–Kier alpha value is -2.98. The highest BCUT2D eigenvalue weighted by molar-refractivity contribution is 5.56. The van der Waals surface area contributed by atoms with Crippen LogP contribution in [-0.4, -0.2) is 57.9 Å². The van der Waals surface area contributed by atoms with Crippen LogP contribution >= 0.6 is 0 Å². The van der Waals surface area contributed by atoms with Gasteiger partial charge in [0, 0.05) is 11.8 Å².